The molecule has 0 bridgehead atoms. The fourth-order valence-corrected chi connectivity index (χ4v) is 3.15. The lowest BCUT2D eigenvalue weighted by atomic mass is 10.2. The lowest BCUT2D eigenvalue weighted by Gasteiger charge is -2.32. The minimum atomic E-state index is -1.12. The molecule has 120 valence electrons. The van der Waals surface area contributed by atoms with E-state index in [0.29, 0.717) is 10.6 Å². The molecule has 1 atom stereocenters. The van der Waals surface area contributed by atoms with Gasteiger partial charge in [-0.2, -0.15) is 0 Å². The molecule has 2 heterocycles. The first-order valence-electron chi connectivity index (χ1n) is 6.90. The number of carboxylic acid groups (broad SMARTS) is 1. The zero-order valence-corrected chi connectivity index (χ0v) is 12.8. The number of thiazole rings is 1. The molecule has 23 heavy (non-hydrogen) atoms. The highest BCUT2D eigenvalue weighted by molar-refractivity contribution is 7.13. The Morgan fingerprint density at radius 1 is 1.39 bits per heavy atom. The SMILES string of the molecule is O=C(O)[C@@H]1COCCN1C(=O)c1csc(-c2ccccc2F)n1. The summed E-state index contributed by atoms with van der Waals surface area (Å²) in [5, 5.41) is 11.1. The van der Waals surface area contributed by atoms with Crippen molar-refractivity contribution in [1.29, 1.82) is 0 Å². The molecule has 1 fully saturated rings. The molecule has 0 spiro atoms. The van der Waals surface area contributed by atoms with Gasteiger partial charge < -0.3 is 14.7 Å². The number of benzene rings is 1. The predicted octanol–water partition coefficient (Wildman–Crippen LogP) is 1.87. The number of aliphatic carboxylic acids is 1. The highest BCUT2D eigenvalue weighted by Gasteiger charge is 2.34. The highest BCUT2D eigenvalue weighted by Crippen LogP contribution is 2.27. The number of rotatable bonds is 3. The van der Waals surface area contributed by atoms with Gasteiger partial charge in [0.2, 0.25) is 0 Å². The van der Waals surface area contributed by atoms with Crippen LogP contribution >= 0.6 is 11.3 Å². The molecule has 1 N–H and O–H groups in total. The van der Waals surface area contributed by atoms with E-state index in [4.69, 9.17) is 4.74 Å². The summed E-state index contributed by atoms with van der Waals surface area (Å²) in [6.45, 7) is 0.410. The van der Waals surface area contributed by atoms with E-state index in [2.05, 4.69) is 4.98 Å². The summed E-state index contributed by atoms with van der Waals surface area (Å²) in [5.74, 6) is -2.03. The van der Waals surface area contributed by atoms with Crippen molar-refractivity contribution in [2.24, 2.45) is 0 Å². The molecule has 6 nitrogen and oxygen atoms in total. The van der Waals surface area contributed by atoms with Crippen LogP contribution in [0.1, 0.15) is 10.5 Å². The molecule has 1 aromatic carbocycles. The maximum Gasteiger partial charge on any atom is 0.328 e. The molecule has 0 saturated carbocycles. The number of hydrogen-bond acceptors (Lipinski definition) is 5. The highest BCUT2D eigenvalue weighted by atomic mass is 32.1. The summed E-state index contributed by atoms with van der Waals surface area (Å²) in [7, 11) is 0. The van der Waals surface area contributed by atoms with Gasteiger partial charge >= 0.3 is 5.97 Å². The number of amides is 1. The molecule has 1 aliphatic heterocycles. The zero-order valence-electron chi connectivity index (χ0n) is 11.9. The first-order valence-corrected chi connectivity index (χ1v) is 7.78. The van der Waals surface area contributed by atoms with Gasteiger partial charge in [-0.1, -0.05) is 12.1 Å². The van der Waals surface area contributed by atoms with E-state index < -0.39 is 23.7 Å². The number of carboxylic acids is 1. The second-order valence-electron chi connectivity index (χ2n) is 4.95. The van der Waals surface area contributed by atoms with E-state index in [9.17, 15) is 19.1 Å². The first kappa shape index (κ1) is 15.6. The summed E-state index contributed by atoms with van der Waals surface area (Å²) >= 11 is 1.14. The van der Waals surface area contributed by atoms with Crippen molar-refractivity contribution >= 4 is 23.2 Å². The van der Waals surface area contributed by atoms with E-state index in [0.717, 1.165) is 11.3 Å². The van der Waals surface area contributed by atoms with Crippen LogP contribution in [-0.2, 0) is 9.53 Å². The molecule has 1 aliphatic rings. The third-order valence-electron chi connectivity index (χ3n) is 3.50. The molecule has 1 amide bonds. The number of carbonyl (C=O) groups excluding carboxylic acids is 1. The van der Waals surface area contributed by atoms with E-state index in [1.807, 2.05) is 0 Å². The maximum absolute atomic E-state index is 13.8. The maximum atomic E-state index is 13.8. The van der Waals surface area contributed by atoms with E-state index >= 15 is 0 Å². The fourth-order valence-electron chi connectivity index (χ4n) is 2.33. The Hall–Kier alpha value is -2.32. The Kier molecular flexibility index (Phi) is 4.35. The Labute approximate surface area is 135 Å². The second kappa shape index (κ2) is 6.43. The quantitative estimate of drug-likeness (QED) is 0.926. The van der Waals surface area contributed by atoms with Crippen LogP contribution in [0.25, 0.3) is 10.6 Å². The van der Waals surface area contributed by atoms with E-state index in [-0.39, 0.29) is 25.5 Å². The smallest absolute Gasteiger partial charge is 0.328 e. The van der Waals surface area contributed by atoms with Crippen LogP contribution < -0.4 is 0 Å². The van der Waals surface area contributed by atoms with Gasteiger partial charge in [-0.05, 0) is 12.1 Å². The monoisotopic (exact) mass is 336 g/mol. The molecule has 0 aliphatic carbocycles. The van der Waals surface area contributed by atoms with Gasteiger partial charge in [-0.3, -0.25) is 4.79 Å². The number of nitrogens with zero attached hydrogens (tertiary/aromatic N) is 2. The van der Waals surface area contributed by atoms with Crippen LogP contribution in [0.15, 0.2) is 29.6 Å². The topological polar surface area (TPSA) is 79.7 Å². The molecular formula is C15H13FN2O4S. The zero-order chi connectivity index (χ0) is 16.4. The van der Waals surface area contributed by atoms with Crippen LogP contribution in [0, 0.1) is 5.82 Å². The number of aromatic nitrogens is 1. The van der Waals surface area contributed by atoms with Crippen molar-refractivity contribution in [3.05, 3.63) is 41.2 Å². The predicted molar refractivity (Wildman–Crippen MR) is 80.8 cm³/mol. The van der Waals surface area contributed by atoms with E-state index in [1.54, 1.807) is 18.2 Å². The van der Waals surface area contributed by atoms with Crippen LogP contribution in [0.3, 0.4) is 0 Å². The van der Waals surface area contributed by atoms with Gasteiger partial charge in [0.1, 0.15) is 16.5 Å². The van der Waals surface area contributed by atoms with Gasteiger partial charge in [0.05, 0.1) is 13.2 Å². The van der Waals surface area contributed by atoms with Crippen molar-refractivity contribution in [2.45, 2.75) is 6.04 Å². The van der Waals surface area contributed by atoms with Crippen molar-refractivity contribution in [3.8, 4) is 10.6 Å². The largest absolute Gasteiger partial charge is 0.480 e. The fraction of sp³-hybridized carbons (Fsp3) is 0.267. The molecule has 3 rings (SSSR count). The van der Waals surface area contributed by atoms with Crippen LogP contribution in [0.2, 0.25) is 0 Å². The average Bonchev–Trinajstić information content (AvgIpc) is 3.04. The molecule has 0 radical (unpaired) electrons. The number of hydrogen-bond donors (Lipinski definition) is 1. The van der Waals surface area contributed by atoms with Gasteiger partial charge in [0.25, 0.3) is 5.91 Å². The number of carbonyl (C=O) groups is 2. The molecular weight excluding hydrogens is 323 g/mol. The Bertz CT molecular complexity index is 749. The lowest BCUT2D eigenvalue weighted by molar-refractivity contribution is -0.147. The number of halogens is 1. The molecule has 2 aromatic rings. The summed E-state index contributed by atoms with van der Waals surface area (Å²) in [6, 6.07) is 5.13. The van der Waals surface area contributed by atoms with Gasteiger partial charge in [-0.25, -0.2) is 14.2 Å². The summed E-state index contributed by atoms with van der Waals surface area (Å²) in [4.78, 5) is 29.1. The number of morpholine rings is 1. The van der Waals surface area contributed by atoms with Gasteiger partial charge in [0.15, 0.2) is 6.04 Å². The van der Waals surface area contributed by atoms with Crippen molar-refractivity contribution in [2.75, 3.05) is 19.8 Å². The number of ether oxygens (including phenoxy) is 1. The second-order valence-corrected chi connectivity index (χ2v) is 5.80. The summed E-state index contributed by atoms with van der Waals surface area (Å²) in [6.07, 6.45) is 0. The van der Waals surface area contributed by atoms with Crippen LogP contribution in [0.5, 0.6) is 0 Å². The van der Waals surface area contributed by atoms with Crippen LogP contribution in [0.4, 0.5) is 4.39 Å². The third-order valence-corrected chi connectivity index (χ3v) is 4.38. The normalized spacial score (nSPS) is 18.0. The summed E-state index contributed by atoms with van der Waals surface area (Å²) in [5.41, 5.74) is 0.426. The van der Waals surface area contributed by atoms with Gasteiger partial charge in [0, 0.05) is 17.5 Å². The van der Waals surface area contributed by atoms with Crippen molar-refractivity contribution in [1.82, 2.24) is 9.88 Å². The molecule has 1 saturated heterocycles. The van der Waals surface area contributed by atoms with Crippen molar-refractivity contribution in [3.63, 3.8) is 0 Å². The molecule has 0 unspecified atom stereocenters. The average molecular weight is 336 g/mol. The Morgan fingerprint density at radius 2 is 2.17 bits per heavy atom. The first-order chi connectivity index (χ1) is 11.1. The third kappa shape index (κ3) is 3.08. The summed E-state index contributed by atoms with van der Waals surface area (Å²) < 4.78 is 18.9. The van der Waals surface area contributed by atoms with Gasteiger partial charge in [-0.15, -0.1) is 11.3 Å². The van der Waals surface area contributed by atoms with E-state index in [1.165, 1.54) is 16.3 Å². The molecule has 8 heteroatoms. The van der Waals surface area contributed by atoms with Crippen molar-refractivity contribution < 1.29 is 23.8 Å². The molecule has 1 aromatic heterocycles. The minimum Gasteiger partial charge on any atom is -0.480 e. The Morgan fingerprint density at radius 3 is 2.91 bits per heavy atom. The standard InChI is InChI=1S/C15H13FN2O4S/c16-10-4-2-1-3-9(10)13-17-11(8-23-13)14(19)18-5-6-22-7-12(18)15(20)21/h1-4,8,12H,5-7H2,(H,20,21)/t12-/m0/s1. The van der Waals surface area contributed by atoms with Crippen LogP contribution in [-0.4, -0.2) is 52.7 Å². The minimum absolute atomic E-state index is 0.0502. The Balaban J connectivity index is 1.86. The lowest BCUT2D eigenvalue weighted by Crippen LogP contribution is -2.52.